The van der Waals surface area contributed by atoms with Crippen molar-refractivity contribution in [3.05, 3.63) is 35.9 Å². The summed E-state index contributed by atoms with van der Waals surface area (Å²) in [6, 6.07) is 10.00. The Kier molecular flexibility index (Phi) is 6.23. The quantitative estimate of drug-likeness (QED) is 0.784. The molecule has 0 heterocycles. The van der Waals surface area contributed by atoms with Gasteiger partial charge in [0, 0.05) is 6.61 Å². The van der Waals surface area contributed by atoms with Crippen LogP contribution in [0.5, 0.6) is 0 Å². The second-order valence-electron chi connectivity index (χ2n) is 4.35. The van der Waals surface area contributed by atoms with Gasteiger partial charge < -0.3 is 9.84 Å². The van der Waals surface area contributed by atoms with Gasteiger partial charge in [-0.15, -0.1) is 0 Å². The van der Waals surface area contributed by atoms with E-state index in [4.69, 9.17) is 4.74 Å². The van der Waals surface area contributed by atoms with E-state index in [0.717, 1.165) is 18.4 Å². The first-order valence-corrected chi connectivity index (χ1v) is 6.59. The normalized spacial score (nSPS) is 14.9. The Morgan fingerprint density at radius 1 is 1.06 bits per heavy atom. The first-order valence-electron chi connectivity index (χ1n) is 6.59. The summed E-state index contributed by atoms with van der Waals surface area (Å²) in [5.41, 5.74) is 1.06. The molecule has 1 rings (SSSR count). The van der Waals surface area contributed by atoms with Gasteiger partial charge in [0.05, 0.1) is 6.10 Å². The summed E-state index contributed by atoms with van der Waals surface area (Å²) < 4.78 is 5.72. The standard InChI is InChI=1S/C15H24O2/c1-4-12(5-2)14(16)15(17-6-3)13-10-8-7-9-11-13/h7-12,14-16H,4-6H2,1-3H3. The molecule has 0 radical (unpaired) electrons. The molecule has 2 nitrogen and oxygen atoms in total. The highest BCUT2D eigenvalue weighted by molar-refractivity contribution is 5.19. The molecule has 2 heteroatoms. The molecular weight excluding hydrogens is 212 g/mol. The molecule has 0 aliphatic heterocycles. The van der Waals surface area contributed by atoms with Crippen molar-refractivity contribution >= 4 is 0 Å². The van der Waals surface area contributed by atoms with Crippen molar-refractivity contribution in [3.63, 3.8) is 0 Å². The predicted octanol–water partition coefficient (Wildman–Crippen LogP) is 3.56. The van der Waals surface area contributed by atoms with Crippen LogP contribution in [-0.4, -0.2) is 17.8 Å². The zero-order valence-corrected chi connectivity index (χ0v) is 11.1. The lowest BCUT2D eigenvalue weighted by Gasteiger charge is -2.28. The van der Waals surface area contributed by atoms with Crippen LogP contribution in [0.2, 0.25) is 0 Å². The fourth-order valence-corrected chi connectivity index (χ4v) is 2.23. The molecule has 17 heavy (non-hydrogen) atoms. The highest BCUT2D eigenvalue weighted by atomic mass is 16.5. The summed E-state index contributed by atoms with van der Waals surface area (Å²) in [4.78, 5) is 0. The van der Waals surface area contributed by atoms with Crippen LogP contribution < -0.4 is 0 Å². The molecule has 1 aromatic carbocycles. The molecule has 0 bridgehead atoms. The Hall–Kier alpha value is -0.860. The molecule has 2 atom stereocenters. The molecule has 0 saturated heterocycles. The van der Waals surface area contributed by atoms with E-state index < -0.39 is 6.10 Å². The molecule has 0 amide bonds. The molecule has 0 saturated carbocycles. The number of rotatable bonds is 7. The van der Waals surface area contributed by atoms with Crippen LogP contribution in [0.25, 0.3) is 0 Å². The average Bonchev–Trinajstić information content (AvgIpc) is 2.38. The van der Waals surface area contributed by atoms with Crippen LogP contribution in [0.1, 0.15) is 45.3 Å². The zero-order valence-electron chi connectivity index (χ0n) is 11.1. The number of ether oxygens (including phenoxy) is 1. The van der Waals surface area contributed by atoms with E-state index in [2.05, 4.69) is 13.8 Å². The molecule has 1 N–H and O–H groups in total. The highest BCUT2D eigenvalue weighted by Gasteiger charge is 2.27. The topological polar surface area (TPSA) is 29.5 Å². The number of hydrogen-bond donors (Lipinski definition) is 1. The fraction of sp³-hybridized carbons (Fsp3) is 0.600. The second-order valence-corrected chi connectivity index (χ2v) is 4.35. The van der Waals surface area contributed by atoms with Crippen molar-refractivity contribution in [2.75, 3.05) is 6.61 Å². The maximum Gasteiger partial charge on any atom is 0.109 e. The Balaban J connectivity index is 2.85. The van der Waals surface area contributed by atoms with Crippen molar-refractivity contribution in [2.45, 2.75) is 45.8 Å². The Bertz CT molecular complexity index is 293. The van der Waals surface area contributed by atoms with Crippen molar-refractivity contribution in [3.8, 4) is 0 Å². The lowest BCUT2D eigenvalue weighted by Crippen LogP contribution is -2.29. The SMILES string of the molecule is CCOC(c1ccccc1)C(O)C(CC)CC. The Labute approximate surface area is 105 Å². The van der Waals surface area contributed by atoms with E-state index in [9.17, 15) is 5.11 Å². The lowest BCUT2D eigenvalue weighted by molar-refractivity contribution is -0.0621. The van der Waals surface area contributed by atoms with Gasteiger partial charge in [-0.25, -0.2) is 0 Å². The van der Waals surface area contributed by atoms with Crippen LogP contribution in [0.4, 0.5) is 0 Å². The number of hydrogen-bond acceptors (Lipinski definition) is 2. The van der Waals surface area contributed by atoms with Gasteiger partial charge in [0.25, 0.3) is 0 Å². The first kappa shape index (κ1) is 14.2. The van der Waals surface area contributed by atoms with Gasteiger partial charge in [-0.3, -0.25) is 0 Å². The largest absolute Gasteiger partial charge is 0.390 e. The van der Waals surface area contributed by atoms with Gasteiger partial charge >= 0.3 is 0 Å². The molecule has 0 aromatic heterocycles. The minimum absolute atomic E-state index is 0.203. The Morgan fingerprint density at radius 2 is 1.65 bits per heavy atom. The van der Waals surface area contributed by atoms with Gasteiger partial charge in [-0.05, 0) is 18.4 Å². The third kappa shape index (κ3) is 3.83. The van der Waals surface area contributed by atoms with Crippen molar-refractivity contribution < 1.29 is 9.84 Å². The van der Waals surface area contributed by atoms with E-state index in [0.29, 0.717) is 12.5 Å². The smallest absolute Gasteiger partial charge is 0.109 e. The summed E-state index contributed by atoms with van der Waals surface area (Å²) in [6.07, 6.45) is 1.33. The zero-order chi connectivity index (χ0) is 12.7. The summed E-state index contributed by atoms with van der Waals surface area (Å²) in [5, 5.41) is 10.4. The van der Waals surface area contributed by atoms with E-state index in [1.54, 1.807) is 0 Å². The molecule has 96 valence electrons. The van der Waals surface area contributed by atoms with Gasteiger partial charge in [-0.2, -0.15) is 0 Å². The maximum absolute atomic E-state index is 10.4. The van der Waals surface area contributed by atoms with Crippen LogP contribution in [0, 0.1) is 5.92 Å². The summed E-state index contributed by atoms with van der Waals surface area (Å²) in [7, 11) is 0. The number of aliphatic hydroxyl groups excluding tert-OH is 1. The van der Waals surface area contributed by atoms with Gasteiger partial charge in [0.15, 0.2) is 0 Å². The van der Waals surface area contributed by atoms with Crippen LogP contribution in [0.3, 0.4) is 0 Å². The summed E-state index contributed by atoms with van der Waals surface area (Å²) in [6.45, 7) is 6.82. The highest BCUT2D eigenvalue weighted by Crippen LogP contribution is 2.28. The minimum atomic E-state index is -0.424. The maximum atomic E-state index is 10.4. The van der Waals surface area contributed by atoms with Crippen molar-refractivity contribution in [2.24, 2.45) is 5.92 Å². The van der Waals surface area contributed by atoms with Crippen LogP contribution in [0.15, 0.2) is 30.3 Å². The Morgan fingerprint density at radius 3 is 2.12 bits per heavy atom. The first-order chi connectivity index (χ1) is 8.24. The van der Waals surface area contributed by atoms with E-state index in [1.165, 1.54) is 0 Å². The lowest BCUT2D eigenvalue weighted by atomic mass is 9.89. The van der Waals surface area contributed by atoms with E-state index in [1.807, 2.05) is 37.3 Å². The van der Waals surface area contributed by atoms with Crippen molar-refractivity contribution in [1.82, 2.24) is 0 Å². The molecule has 0 aliphatic carbocycles. The van der Waals surface area contributed by atoms with Crippen molar-refractivity contribution in [1.29, 1.82) is 0 Å². The van der Waals surface area contributed by atoms with Gasteiger partial charge in [-0.1, -0.05) is 57.0 Å². The molecule has 0 aliphatic rings. The van der Waals surface area contributed by atoms with Crippen LogP contribution >= 0.6 is 0 Å². The van der Waals surface area contributed by atoms with Crippen LogP contribution in [-0.2, 0) is 4.74 Å². The average molecular weight is 236 g/mol. The third-order valence-corrected chi connectivity index (χ3v) is 3.32. The summed E-state index contributed by atoms with van der Waals surface area (Å²) >= 11 is 0. The molecular formula is C15H24O2. The van der Waals surface area contributed by atoms with E-state index in [-0.39, 0.29) is 6.10 Å². The second kappa shape index (κ2) is 7.46. The van der Waals surface area contributed by atoms with Gasteiger partial charge in [0.2, 0.25) is 0 Å². The minimum Gasteiger partial charge on any atom is -0.390 e. The van der Waals surface area contributed by atoms with E-state index >= 15 is 0 Å². The molecule has 0 spiro atoms. The molecule has 0 fully saturated rings. The predicted molar refractivity (Wildman–Crippen MR) is 70.9 cm³/mol. The summed E-state index contributed by atoms with van der Waals surface area (Å²) in [5.74, 6) is 0.298. The third-order valence-electron chi connectivity index (χ3n) is 3.32. The monoisotopic (exact) mass is 236 g/mol. The fourth-order valence-electron chi connectivity index (χ4n) is 2.23. The molecule has 1 aromatic rings. The van der Waals surface area contributed by atoms with Gasteiger partial charge in [0.1, 0.15) is 6.10 Å². The number of benzene rings is 1. The number of aliphatic hydroxyl groups is 1. The molecule has 2 unspecified atom stereocenters.